The lowest BCUT2D eigenvalue weighted by Crippen LogP contribution is -2.36. The van der Waals surface area contributed by atoms with Gasteiger partial charge in [0, 0.05) is 37.3 Å². The second-order valence-corrected chi connectivity index (χ2v) is 10.2. The van der Waals surface area contributed by atoms with Gasteiger partial charge in [-0.25, -0.2) is 4.98 Å². The first kappa shape index (κ1) is 21.4. The number of unbranched alkanes of at least 4 members (excludes halogenated alkanes) is 1. The van der Waals surface area contributed by atoms with E-state index in [2.05, 4.69) is 11.8 Å². The molecule has 6 nitrogen and oxygen atoms in total. The van der Waals surface area contributed by atoms with Gasteiger partial charge in [0.1, 0.15) is 15.8 Å². The van der Waals surface area contributed by atoms with Crippen LogP contribution >= 0.6 is 35.7 Å². The monoisotopic (exact) mass is 460 g/mol. The third-order valence-corrected chi connectivity index (χ3v) is 7.58. The molecule has 2 fully saturated rings. The molecule has 158 valence electrons. The highest BCUT2D eigenvalue weighted by molar-refractivity contribution is 8.26. The summed E-state index contributed by atoms with van der Waals surface area (Å²) in [6, 6.07) is 3.80. The highest BCUT2D eigenvalue weighted by Crippen LogP contribution is 2.34. The highest BCUT2D eigenvalue weighted by atomic mass is 32.2. The Morgan fingerprint density at radius 3 is 2.77 bits per heavy atom. The molecule has 0 spiro atoms. The van der Waals surface area contributed by atoms with Crippen molar-refractivity contribution in [3.8, 4) is 0 Å². The van der Waals surface area contributed by atoms with E-state index in [9.17, 15) is 9.59 Å². The Hall–Kier alpha value is -1.84. The molecule has 0 atom stereocenters. The zero-order valence-electron chi connectivity index (χ0n) is 17.1. The van der Waals surface area contributed by atoms with Crippen LogP contribution in [-0.4, -0.2) is 55.7 Å². The summed E-state index contributed by atoms with van der Waals surface area (Å²) in [5.74, 6) is 2.53. The van der Waals surface area contributed by atoms with Crippen molar-refractivity contribution in [1.82, 2.24) is 14.3 Å². The third-order valence-electron chi connectivity index (χ3n) is 5.26. The molecule has 0 radical (unpaired) electrons. The second-order valence-electron chi connectivity index (χ2n) is 7.33. The van der Waals surface area contributed by atoms with Gasteiger partial charge in [0.05, 0.1) is 10.5 Å². The lowest BCUT2D eigenvalue weighted by atomic mass is 10.2. The van der Waals surface area contributed by atoms with Gasteiger partial charge >= 0.3 is 0 Å². The quantitative estimate of drug-likeness (QED) is 0.499. The molecule has 1 amide bonds. The van der Waals surface area contributed by atoms with Gasteiger partial charge in [-0.2, -0.15) is 11.8 Å². The zero-order valence-corrected chi connectivity index (χ0v) is 19.5. The third kappa shape index (κ3) is 4.02. The van der Waals surface area contributed by atoms with Crippen molar-refractivity contribution in [2.75, 3.05) is 36.0 Å². The lowest BCUT2D eigenvalue weighted by molar-refractivity contribution is -0.122. The van der Waals surface area contributed by atoms with Crippen LogP contribution in [0.25, 0.3) is 11.7 Å². The maximum atomic E-state index is 13.5. The van der Waals surface area contributed by atoms with Crippen LogP contribution in [0, 0.1) is 6.92 Å². The molecule has 2 aliphatic rings. The molecular weight excluding hydrogens is 436 g/mol. The van der Waals surface area contributed by atoms with Crippen LogP contribution in [0.3, 0.4) is 0 Å². The van der Waals surface area contributed by atoms with Crippen LogP contribution in [0.15, 0.2) is 28.0 Å². The Kier molecular flexibility index (Phi) is 6.50. The fraction of sp³-hybridized carbons (Fsp3) is 0.429. The average molecular weight is 461 g/mol. The highest BCUT2D eigenvalue weighted by Gasteiger charge is 2.32. The SMILES string of the molecule is CCCCN1C(=O)C(=Cc2c(N3CCSCC3)nc3c(C)cccn3c2=O)SC1=S. The van der Waals surface area contributed by atoms with Gasteiger partial charge in [-0.15, -0.1) is 0 Å². The molecule has 4 rings (SSSR count). The molecule has 0 bridgehead atoms. The molecule has 0 unspecified atom stereocenters. The van der Waals surface area contributed by atoms with E-state index in [0.29, 0.717) is 32.8 Å². The minimum atomic E-state index is -0.157. The van der Waals surface area contributed by atoms with Crippen molar-refractivity contribution in [3.05, 3.63) is 44.7 Å². The van der Waals surface area contributed by atoms with E-state index < -0.39 is 0 Å². The lowest BCUT2D eigenvalue weighted by Gasteiger charge is -2.28. The van der Waals surface area contributed by atoms with E-state index >= 15 is 0 Å². The first-order valence-electron chi connectivity index (χ1n) is 10.1. The summed E-state index contributed by atoms with van der Waals surface area (Å²) in [5, 5.41) is 0. The Balaban J connectivity index is 1.84. The van der Waals surface area contributed by atoms with Gasteiger partial charge in [0.25, 0.3) is 11.5 Å². The second kappa shape index (κ2) is 9.11. The molecule has 30 heavy (non-hydrogen) atoms. The largest absolute Gasteiger partial charge is 0.354 e. The number of fused-ring (bicyclic) bond motifs is 1. The number of rotatable bonds is 5. The minimum absolute atomic E-state index is 0.118. The number of aromatic nitrogens is 2. The van der Waals surface area contributed by atoms with Crippen LogP contribution < -0.4 is 10.5 Å². The van der Waals surface area contributed by atoms with E-state index in [-0.39, 0.29) is 11.5 Å². The van der Waals surface area contributed by atoms with Crippen molar-refractivity contribution in [1.29, 1.82) is 0 Å². The number of aryl methyl sites for hydroxylation is 1. The van der Waals surface area contributed by atoms with E-state index in [1.54, 1.807) is 21.6 Å². The zero-order chi connectivity index (χ0) is 21.3. The van der Waals surface area contributed by atoms with E-state index in [0.717, 1.165) is 43.0 Å². The molecule has 0 N–H and O–H groups in total. The molecule has 2 aromatic rings. The van der Waals surface area contributed by atoms with Gasteiger partial charge < -0.3 is 4.90 Å². The molecule has 2 aliphatic heterocycles. The molecule has 0 aromatic carbocycles. The summed E-state index contributed by atoms with van der Waals surface area (Å²) >= 11 is 8.60. The summed E-state index contributed by atoms with van der Waals surface area (Å²) in [5.41, 5.74) is 1.90. The van der Waals surface area contributed by atoms with Crippen LogP contribution in [0.5, 0.6) is 0 Å². The van der Waals surface area contributed by atoms with Gasteiger partial charge in [-0.05, 0) is 31.1 Å². The van der Waals surface area contributed by atoms with Crippen molar-refractivity contribution >= 4 is 63.5 Å². The number of nitrogens with zero attached hydrogens (tertiary/aromatic N) is 4. The number of pyridine rings is 1. The van der Waals surface area contributed by atoms with Crippen molar-refractivity contribution in [3.63, 3.8) is 0 Å². The minimum Gasteiger partial charge on any atom is -0.354 e. The summed E-state index contributed by atoms with van der Waals surface area (Å²) in [7, 11) is 0. The van der Waals surface area contributed by atoms with Gasteiger partial charge in [-0.3, -0.25) is 18.9 Å². The van der Waals surface area contributed by atoms with Crippen LogP contribution in [0.2, 0.25) is 0 Å². The predicted molar refractivity (Wildman–Crippen MR) is 131 cm³/mol. The standard InChI is InChI=1S/C21H24N4O2S3/c1-3-4-7-25-20(27)16(30-21(25)28)13-15-18(23-9-11-29-12-10-23)22-17-14(2)6-5-8-24(17)19(15)26/h5-6,8,13H,3-4,7,9-12H2,1-2H3. The van der Waals surface area contributed by atoms with Gasteiger partial charge in [0.2, 0.25) is 0 Å². The average Bonchev–Trinajstić information content (AvgIpc) is 3.02. The molecular formula is C21H24N4O2S3. The summed E-state index contributed by atoms with van der Waals surface area (Å²) < 4.78 is 2.13. The summed E-state index contributed by atoms with van der Waals surface area (Å²) in [6.07, 6.45) is 5.32. The van der Waals surface area contributed by atoms with E-state index in [1.165, 1.54) is 11.8 Å². The number of thioether (sulfide) groups is 2. The van der Waals surface area contributed by atoms with Crippen molar-refractivity contribution in [2.45, 2.75) is 26.7 Å². The maximum absolute atomic E-state index is 13.5. The molecule has 2 saturated heterocycles. The first-order chi connectivity index (χ1) is 14.5. The van der Waals surface area contributed by atoms with Crippen LogP contribution in [0.4, 0.5) is 5.82 Å². The Morgan fingerprint density at radius 2 is 2.03 bits per heavy atom. The molecule has 0 saturated carbocycles. The van der Waals surface area contributed by atoms with Crippen molar-refractivity contribution < 1.29 is 4.79 Å². The Morgan fingerprint density at radius 1 is 1.27 bits per heavy atom. The number of carbonyl (C=O) groups is 1. The van der Waals surface area contributed by atoms with Crippen molar-refractivity contribution in [2.24, 2.45) is 0 Å². The fourth-order valence-electron chi connectivity index (χ4n) is 3.58. The van der Waals surface area contributed by atoms with Gasteiger partial charge in [-0.1, -0.05) is 43.4 Å². The number of hydrogen-bond acceptors (Lipinski definition) is 7. The number of amides is 1. The predicted octanol–water partition coefficient (Wildman–Crippen LogP) is 3.56. The van der Waals surface area contributed by atoms with Gasteiger partial charge in [0.15, 0.2) is 0 Å². The summed E-state index contributed by atoms with van der Waals surface area (Å²) in [4.78, 5) is 35.6. The number of hydrogen-bond donors (Lipinski definition) is 0. The first-order valence-corrected chi connectivity index (χ1v) is 12.5. The molecule has 0 aliphatic carbocycles. The fourth-order valence-corrected chi connectivity index (χ4v) is 5.78. The topological polar surface area (TPSA) is 57.9 Å². The molecule has 9 heteroatoms. The number of anilines is 1. The van der Waals surface area contributed by atoms with Crippen LogP contribution in [0.1, 0.15) is 30.9 Å². The maximum Gasteiger partial charge on any atom is 0.267 e. The van der Waals surface area contributed by atoms with Crippen LogP contribution in [-0.2, 0) is 4.79 Å². The van der Waals surface area contributed by atoms with E-state index in [4.69, 9.17) is 17.2 Å². The molecule has 4 heterocycles. The Bertz CT molecular complexity index is 1090. The smallest absolute Gasteiger partial charge is 0.267 e. The van der Waals surface area contributed by atoms with E-state index in [1.807, 2.05) is 30.8 Å². The number of carbonyl (C=O) groups excluding carboxylic acids is 1. The Labute approximate surface area is 189 Å². The molecule has 2 aromatic heterocycles. The summed E-state index contributed by atoms with van der Waals surface area (Å²) in [6.45, 7) is 6.31. The number of thiocarbonyl (C=S) groups is 1. The normalized spacial score (nSPS) is 18.8.